The molecule has 0 bridgehead atoms. The van der Waals surface area contributed by atoms with Gasteiger partial charge in [-0.25, -0.2) is 9.38 Å². The summed E-state index contributed by atoms with van der Waals surface area (Å²) in [6.45, 7) is 4.49. The molecule has 116 valence electrons. The minimum absolute atomic E-state index is 0.0107. The van der Waals surface area contributed by atoms with Crippen LogP contribution in [-0.4, -0.2) is 38.3 Å². The average Bonchev–Trinajstić information content (AvgIpc) is 2.47. The summed E-state index contributed by atoms with van der Waals surface area (Å²) < 4.78 is 23.8. The van der Waals surface area contributed by atoms with E-state index in [0.717, 1.165) is 6.42 Å². The number of carbonyl (C=O) groups excluding carboxylic acids is 1. The van der Waals surface area contributed by atoms with Crippen molar-refractivity contribution in [1.82, 2.24) is 5.32 Å². The number of hydrogen-bond donors (Lipinski definition) is 1. The van der Waals surface area contributed by atoms with Crippen molar-refractivity contribution in [2.45, 2.75) is 26.3 Å². The van der Waals surface area contributed by atoms with Crippen molar-refractivity contribution in [3.05, 3.63) is 35.6 Å². The number of amides is 1. The molecule has 1 N–H and O–H groups in total. The Morgan fingerprint density at radius 2 is 2.10 bits per heavy atom. The van der Waals surface area contributed by atoms with Crippen molar-refractivity contribution < 1.29 is 18.7 Å². The van der Waals surface area contributed by atoms with Gasteiger partial charge in [-0.15, -0.1) is 0 Å². The Morgan fingerprint density at radius 3 is 2.71 bits per heavy atom. The summed E-state index contributed by atoms with van der Waals surface area (Å²) in [6.07, 6.45) is 0.798. The Hall–Kier alpha value is -1.95. The molecule has 0 radical (unpaired) electrons. The standard InChI is InChI=1S/C15H21FN2O3/c1-4-11(2)17-15(21-10-9-20-3)18-14(19)12-7-5-6-8-13(12)16/h5-8,11H,4,9-10H2,1-3H3,(H,17,18,19)/t11-/m1/s1. The fourth-order valence-electron chi connectivity index (χ4n) is 1.43. The van der Waals surface area contributed by atoms with Crippen molar-refractivity contribution >= 4 is 11.9 Å². The third-order valence-corrected chi connectivity index (χ3v) is 2.79. The highest BCUT2D eigenvalue weighted by molar-refractivity contribution is 6.04. The van der Waals surface area contributed by atoms with Gasteiger partial charge in [-0.2, -0.15) is 0 Å². The molecule has 0 spiro atoms. The summed E-state index contributed by atoms with van der Waals surface area (Å²) in [5.41, 5.74) is -0.0512. The number of aliphatic imine (C=N–C) groups is 1. The SMILES string of the molecule is CC[C@@H](C)N=C(NC(=O)c1ccccc1F)OCCOC. The second kappa shape index (κ2) is 9.07. The maximum Gasteiger partial charge on any atom is 0.292 e. The molecule has 0 aliphatic carbocycles. The molecule has 1 aromatic rings. The van der Waals surface area contributed by atoms with Gasteiger partial charge in [0.15, 0.2) is 0 Å². The molecule has 1 aromatic carbocycles. The molecule has 1 atom stereocenters. The predicted octanol–water partition coefficient (Wildman–Crippen LogP) is 2.37. The van der Waals surface area contributed by atoms with Gasteiger partial charge < -0.3 is 9.47 Å². The molecule has 6 heteroatoms. The molecule has 0 aromatic heterocycles. The van der Waals surface area contributed by atoms with E-state index >= 15 is 0 Å². The van der Waals surface area contributed by atoms with E-state index in [1.54, 1.807) is 13.2 Å². The zero-order valence-electron chi connectivity index (χ0n) is 12.6. The summed E-state index contributed by atoms with van der Waals surface area (Å²) in [7, 11) is 1.55. The van der Waals surface area contributed by atoms with Gasteiger partial charge >= 0.3 is 0 Å². The Kier molecular flexibility index (Phi) is 7.39. The smallest absolute Gasteiger partial charge is 0.292 e. The Bertz CT molecular complexity index is 492. The van der Waals surface area contributed by atoms with Crippen LogP contribution in [0.1, 0.15) is 30.6 Å². The summed E-state index contributed by atoms with van der Waals surface area (Å²) in [4.78, 5) is 16.3. The van der Waals surface area contributed by atoms with Crippen LogP contribution in [0.4, 0.5) is 4.39 Å². The molecule has 0 aliphatic rings. The van der Waals surface area contributed by atoms with Crippen molar-refractivity contribution in [2.24, 2.45) is 4.99 Å². The van der Waals surface area contributed by atoms with E-state index in [0.29, 0.717) is 6.61 Å². The molecule has 0 aliphatic heterocycles. The van der Waals surface area contributed by atoms with Gasteiger partial charge in [0.1, 0.15) is 12.4 Å². The second-order valence-electron chi connectivity index (χ2n) is 4.47. The predicted molar refractivity (Wildman–Crippen MR) is 78.9 cm³/mol. The number of rotatable bonds is 6. The number of ether oxygens (including phenoxy) is 2. The molecular formula is C15H21FN2O3. The van der Waals surface area contributed by atoms with Crippen LogP contribution in [0.2, 0.25) is 0 Å². The molecule has 0 fully saturated rings. The van der Waals surface area contributed by atoms with E-state index < -0.39 is 11.7 Å². The minimum atomic E-state index is -0.590. The Balaban J connectivity index is 2.78. The number of methoxy groups -OCH3 is 1. The quantitative estimate of drug-likeness (QED) is 0.498. The van der Waals surface area contributed by atoms with Gasteiger partial charge in [-0.05, 0) is 25.5 Å². The molecule has 5 nitrogen and oxygen atoms in total. The molecule has 0 saturated heterocycles. The van der Waals surface area contributed by atoms with Crippen LogP contribution in [-0.2, 0) is 9.47 Å². The Labute approximate surface area is 124 Å². The van der Waals surface area contributed by atoms with Crippen LogP contribution in [0.25, 0.3) is 0 Å². The second-order valence-corrected chi connectivity index (χ2v) is 4.47. The number of halogens is 1. The maximum atomic E-state index is 13.6. The first-order valence-electron chi connectivity index (χ1n) is 6.83. The lowest BCUT2D eigenvalue weighted by molar-refractivity contribution is 0.0949. The van der Waals surface area contributed by atoms with E-state index in [2.05, 4.69) is 10.3 Å². The van der Waals surface area contributed by atoms with Crippen molar-refractivity contribution in [3.63, 3.8) is 0 Å². The van der Waals surface area contributed by atoms with Crippen LogP contribution < -0.4 is 5.32 Å². The Morgan fingerprint density at radius 1 is 1.38 bits per heavy atom. The number of carbonyl (C=O) groups is 1. The topological polar surface area (TPSA) is 59.9 Å². The van der Waals surface area contributed by atoms with Crippen molar-refractivity contribution in [1.29, 1.82) is 0 Å². The molecule has 0 unspecified atom stereocenters. The van der Waals surface area contributed by atoms with Gasteiger partial charge in [0.05, 0.1) is 18.2 Å². The van der Waals surface area contributed by atoms with Crippen LogP contribution >= 0.6 is 0 Å². The summed E-state index contributed by atoms with van der Waals surface area (Å²) >= 11 is 0. The number of nitrogens with zero attached hydrogens (tertiary/aromatic N) is 1. The van der Waals surface area contributed by atoms with Gasteiger partial charge in [0.2, 0.25) is 0 Å². The molecule has 21 heavy (non-hydrogen) atoms. The van der Waals surface area contributed by atoms with Crippen LogP contribution in [0.5, 0.6) is 0 Å². The van der Waals surface area contributed by atoms with Crippen molar-refractivity contribution in [2.75, 3.05) is 20.3 Å². The highest BCUT2D eigenvalue weighted by Crippen LogP contribution is 2.06. The molecule has 0 heterocycles. The molecule has 1 amide bonds. The van der Waals surface area contributed by atoms with Crippen LogP contribution in [0, 0.1) is 5.82 Å². The van der Waals surface area contributed by atoms with Crippen LogP contribution in [0.3, 0.4) is 0 Å². The van der Waals surface area contributed by atoms with E-state index in [1.165, 1.54) is 18.2 Å². The summed E-state index contributed by atoms with van der Waals surface area (Å²) in [5.74, 6) is -1.18. The summed E-state index contributed by atoms with van der Waals surface area (Å²) in [6, 6.07) is 5.82. The fourth-order valence-corrected chi connectivity index (χ4v) is 1.43. The van der Waals surface area contributed by atoms with Gasteiger partial charge in [-0.1, -0.05) is 19.1 Å². The third kappa shape index (κ3) is 5.91. The highest BCUT2D eigenvalue weighted by atomic mass is 19.1. The van der Waals surface area contributed by atoms with Gasteiger partial charge in [0.25, 0.3) is 11.9 Å². The molecule has 0 saturated carbocycles. The first-order valence-corrected chi connectivity index (χ1v) is 6.83. The number of nitrogens with one attached hydrogen (secondary N) is 1. The van der Waals surface area contributed by atoms with Crippen LogP contribution in [0.15, 0.2) is 29.3 Å². The van der Waals surface area contributed by atoms with Gasteiger partial charge in [-0.3, -0.25) is 10.1 Å². The molecular weight excluding hydrogens is 275 g/mol. The van der Waals surface area contributed by atoms with Crippen molar-refractivity contribution in [3.8, 4) is 0 Å². The van der Waals surface area contributed by atoms with E-state index in [4.69, 9.17) is 9.47 Å². The summed E-state index contributed by atoms with van der Waals surface area (Å²) in [5, 5.41) is 2.49. The van der Waals surface area contributed by atoms with Gasteiger partial charge in [0, 0.05) is 7.11 Å². The lowest BCUT2D eigenvalue weighted by Gasteiger charge is -2.12. The zero-order chi connectivity index (χ0) is 15.7. The minimum Gasteiger partial charge on any atom is -0.463 e. The lowest BCUT2D eigenvalue weighted by Crippen LogP contribution is -2.34. The number of hydrogen-bond acceptors (Lipinski definition) is 4. The van der Waals surface area contributed by atoms with E-state index in [9.17, 15) is 9.18 Å². The normalized spacial score (nSPS) is 12.9. The van der Waals surface area contributed by atoms with E-state index in [1.807, 2.05) is 13.8 Å². The monoisotopic (exact) mass is 296 g/mol. The first kappa shape index (κ1) is 17.1. The van der Waals surface area contributed by atoms with E-state index in [-0.39, 0.29) is 24.2 Å². The largest absolute Gasteiger partial charge is 0.463 e. The number of benzene rings is 1. The fraction of sp³-hybridized carbons (Fsp3) is 0.467. The zero-order valence-corrected chi connectivity index (χ0v) is 12.6. The highest BCUT2D eigenvalue weighted by Gasteiger charge is 2.14. The lowest BCUT2D eigenvalue weighted by atomic mass is 10.2. The first-order chi connectivity index (χ1) is 10.1. The molecule has 1 rings (SSSR count). The average molecular weight is 296 g/mol. The third-order valence-electron chi connectivity index (χ3n) is 2.79. The maximum absolute atomic E-state index is 13.6. The number of amidine groups is 1.